The van der Waals surface area contributed by atoms with Gasteiger partial charge in [0.2, 0.25) is 0 Å². The molecule has 0 unspecified atom stereocenters. The number of pyridine rings is 1. The van der Waals surface area contributed by atoms with Crippen molar-refractivity contribution in [3.05, 3.63) is 143 Å². The van der Waals surface area contributed by atoms with Crippen molar-refractivity contribution in [2.75, 3.05) is 38.8 Å². The van der Waals surface area contributed by atoms with Crippen molar-refractivity contribution >= 4 is 65.5 Å². The molecular weight excluding hydrogens is 1120 g/mol. The lowest BCUT2D eigenvalue weighted by atomic mass is 9.44. The molecule has 3 aliphatic carbocycles. The Balaban J connectivity index is 1.22. The third-order valence-corrected chi connectivity index (χ3v) is 24.0. The zero-order valence-electron chi connectivity index (χ0n) is 48.6. The maximum absolute atomic E-state index is 16.3. The van der Waals surface area contributed by atoms with Gasteiger partial charge < -0.3 is 53.1 Å². The summed E-state index contributed by atoms with van der Waals surface area (Å²) in [5.74, 6) is -6.02. The normalized spacial score (nSPS) is 27.2. The minimum atomic E-state index is -2.99. The van der Waals surface area contributed by atoms with Gasteiger partial charge in [0.1, 0.15) is 35.5 Å². The highest BCUT2D eigenvalue weighted by Gasteiger charge is 2.78. The van der Waals surface area contributed by atoms with Crippen molar-refractivity contribution < 1.29 is 76.6 Å². The summed E-state index contributed by atoms with van der Waals surface area (Å²) in [4.78, 5) is 93.0. The highest BCUT2D eigenvalue weighted by atomic mass is 33.1. The van der Waals surface area contributed by atoms with Crippen molar-refractivity contribution in [1.82, 2.24) is 10.3 Å². The second-order valence-electron chi connectivity index (χ2n) is 23.8. The van der Waals surface area contributed by atoms with Crippen LogP contribution in [0, 0.1) is 16.7 Å². The van der Waals surface area contributed by atoms with Gasteiger partial charge in [-0.2, -0.15) is 0 Å². The van der Waals surface area contributed by atoms with Crippen molar-refractivity contribution in [1.29, 1.82) is 0 Å². The molecule has 83 heavy (non-hydrogen) atoms. The molecule has 3 fully saturated rings. The highest BCUT2D eigenvalue weighted by Crippen LogP contribution is 2.64. The Kier molecular flexibility index (Phi) is 19.7. The number of esters is 4. The predicted octanol–water partition coefficient (Wildman–Crippen LogP) is 8.61. The molecule has 0 radical (unpaired) electrons. The van der Waals surface area contributed by atoms with E-state index in [4.69, 9.17) is 37.6 Å². The molecule has 11 atom stereocenters. The first-order valence-corrected chi connectivity index (χ1v) is 33.1. The Labute approximate surface area is 494 Å². The average molecular weight is 1200 g/mol. The third-order valence-electron chi connectivity index (χ3n) is 17.3. The van der Waals surface area contributed by atoms with Crippen LogP contribution in [0.25, 0.3) is 0 Å². The molecule has 2 bridgehead atoms. The fraction of sp³-hybridized carbons (Fsp3) is 0.500. The number of nitrogens with one attached hydrogen (secondary N) is 1. The Bertz CT molecular complexity index is 3000. The summed E-state index contributed by atoms with van der Waals surface area (Å²) in [6, 6.07) is 29.8. The maximum atomic E-state index is 16.3. The van der Waals surface area contributed by atoms with E-state index in [1.165, 1.54) is 36.8 Å². The fourth-order valence-corrected chi connectivity index (χ4v) is 14.7. The molecule has 1 aromatic heterocycles. The van der Waals surface area contributed by atoms with Gasteiger partial charge in [0.25, 0.3) is 5.91 Å². The summed E-state index contributed by atoms with van der Waals surface area (Å²) in [5, 5.41) is 30.3. The summed E-state index contributed by atoms with van der Waals surface area (Å²) in [7, 11) is 0.0960. The van der Waals surface area contributed by atoms with Crippen molar-refractivity contribution in [2.45, 2.75) is 145 Å². The van der Waals surface area contributed by atoms with Crippen molar-refractivity contribution in [3.63, 3.8) is 0 Å². The van der Waals surface area contributed by atoms with Crippen molar-refractivity contribution in [2.24, 2.45) is 16.7 Å². The summed E-state index contributed by atoms with van der Waals surface area (Å²) in [6.07, 6.45) is -8.58. The SMILES string of the molecule is CC(=O)O[C@@]12CO[C@@H]1C[C@H](O)[C@@]1(C)C(=O)[C@H](OC(=O)COCCOCCSSc3ccccn3)C3=C(C)[C@@H](OC(=O)[C@H](O[Si](C)(C)C(C)(C)C)[C@@H](NC(=O)c4ccccc4)c4ccccc4)C[C@@](O)([C@@H](OC(=O)c4ccccc4)[C@H]21)C3(C)C. The molecule has 21 heteroatoms. The summed E-state index contributed by atoms with van der Waals surface area (Å²) >= 11 is 0. The summed E-state index contributed by atoms with van der Waals surface area (Å²) in [5.41, 5.74) is -7.07. The van der Waals surface area contributed by atoms with E-state index in [-0.39, 0.29) is 43.0 Å². The van der Waals surface area contributed by atoms with Crippen LogP contribution >= 0.6 is 21.6 Å². The molecule has 2 heterocycles. The number of rotatable bonds is 22. The molecule has 2 saturated carbocycles. The van der Waals surface area contributed by atoms with E-state index >= 15 is 9.59 Å². The lowest BCUT2D eigenvalue weighted by Crippen LogP contribution is -2.82. The minimum Gasteiger partial charge on any atom is -0.456 e. The van der Waals surface area contributed by atoms with Crippen LogP contribution in [0.5, 0.6) is 0 Å². The first-order valence-electron chi connectivity index (χ1n) is 27.8. The van der Waals surface area contributed by atoms with E-state index in [1.807, 2.05) is 52.1 Å². The first kappa shape index (κ1) is 63.3. The van der Waals surface area contributed by atoms with Crippen LogP contribution in [0.15, 0.2) is 132 Å². The number of aromatic nitrogens is 1. The van der Waals surface area contributed by atoms with Gasteiger partial charge in [0, 0.05) is 42.7 Å². The zero-order valence-corrected chi connectivity index (χ0v) is 51.3. The molecule has 4 aromatic rings. The number of amides is 1. The molecule has 3 aromatic carbocycles. The number of carbonyl (C=O) groups excluding carboxylic acids is 6. The number of ether oxygens (including phenoxy) is 7. The van der Waals surface area contributed by atoms with E-state index in [2.05, 4.69) is 10.3 Å². The second-order valence-corrected chi connectivity index (χ2v) is 31.0. The quantitative estimate of drug-likeness (QED) is 0.0167. The van der Waals surface area contributed by atoms with E-state index in [0.717, 1.165) is 5.03 Å². The Hall–Kier alpha value is -5.75. The molecule has 8 rings (SSSR count). The number of hydrogen-bond acceptors (Lipinski definition) is 19. The lowest BCUT2D eigenvalue weighted by molar-refractivity contribution is -0.346. The molecule has 1 aliphatic heterocycles. The van der Waals surface area contributed by atoms with Gasteiger partial charge in [-0.3, -0.25) is 14.4 Å². The number of hydrogen-bond donors (Lipinski definition) is 3. The monoisotopic (exact) mass is 1200 g/mol. The smallest absolute Gasteiger partial charge is 0.338 e. The van der Waals surface area contributed by atoms with Crippen LogP contribution in [0.1, 0.15) is 101 Å². The first-order chi connectivity index (χ1) is 39.3. The summed E-state index contributed by atoms with van der Waals surface area (Å²) < 4.78 is 50.5. The van der Waals surface area contributed by atoms with Gasteiger partial charge in [-0.25, -0.2) is 19.4 Å². The molecule has 446 valence electrons. The summed E-state index contributed by atoms with van der Waals surface area (Å²) in [6.45, 7) is 16.8. The van der Waals surface area contributed by atoms with Gasteiger partial charge >= 0.3 is 23.9 Å². The van der Waals surface area contributed by atoms with Crippen LogP contribution in [-0.4, -0.2) is 146 Å². The average Bonchev–Trinajstić information content (AvgIpc) is 0.962. The Morgan fingerprint density at radius 3 is 2.07 bits per heavy atom. The number of aliphatic hydroxyl groups is 2. The molecular formula is C62H76N2O16S2Si. The molecule has 1 saturated heterocycles. The number of benzene rings is 3. The van der Waals surface area contributed by atoms with E-state index in [0.29, 0.717) is 23.5 Å². The Morgan fingerprint density at radius 1 is 0.843 bits per heavy atom. The van der Waals surface area contributed by atoms with Crippen LogP contribution in [0.2, 0.25) is 18.1 Å². The van der Waals surface area contributed by atoms with Gasteiger partial charge in [0.15, 0.2) is 31.9 Å². The lowest BCUT2D eigenvalue weighted by Gasteiger charge is -2.67. The molecule has 4 aliphatic rings. The third kappa shape index (κ3) is 13.1. The number of aliphatic hydroxyl groups excluding tert-OH is 1. The standard InChI is InChI=1S/C62H76N2O16S2Si/c1-38-43(76-57(71)51(80-83(9,10)58(3,4)5)49(40-22-14-11-15-23-40)64-55(69)41-24-16-12-17-25-41)35-62(72)54(78-56(70)42-26-18-13-19-27-42)52-60(8,44(66)34-45-61(52,37-75-45)79-39(2)65)53(68)50(48(38)59(62,6)7)77-47(67)36-74-31-30-73-32-33-81-82-46-28-20-21-29-63-46/h11-29,43-45,49-52,54,66,72H,30-37H2,1-10H3,(H,64,69)/t43-,44-,45+,49-,50+,51+,52-,54-,60+,61-,62+/m0/s1. The second kappa shape index (κ2) is 25.8. The number of nitrogens with zero attached hydrogens (tertiary/aromatic N) is 1. The largest absolute Gasteiger partial charge is 0.456 e. The predicted molar refractivity (Wildman–Crippen MR) is 312 cm³/mol. The van der Waals surface area contributed by atoms with Crippen LogP contribution in [0.4, 0.5) is 0 Å². The van der Waals surface area contributed by atoms with Gasteiger partial charge in [-0.05, 0) is 95.9 Å². The highest BCUT2D eigenvalue weighted by molar-refractivity contribution is 8.76. The fourth-order valence-electron chi connectivity index (χ4n) is 11.7. The van der Waals surface area contributed by atoms with Crippen LogP contribution in [0.3, 0.4) is 0 Å². The number of Topliss-reactive ketones (excluding diaryl/α,β-unsaturated/α-hetero) is 1. The van der Waals surface area contributed by atoms with E-state index in [1.54, 1.807) is 117 Å². The van der Waals surface area contributed by atoms with Gasteiger partial charge in [0.05, 0.1) is 55.5 Å². The van der Waals surface area contributed by atoms with Gasteiger partial charge in [-0.15, -0.1) is 0 Å². The Morgan fingerprint density at radius 2 is 1.47 bits per heavy atom. The molecule has 3 N–H and O–H groups in total. The number of fused-ring (bicyclic) bond motifs is 5. The minimum absolute atomic E-state index is 0.00758. The number of carbonyl (C=O) groups is 6. The molecule has 18 nitrogen and oxygen atoms in total. The maximum Gasteiger partial charge on any atom is 0.338 e. The van der Waals surface area contributed by atoms with Crippen LogP contribution in [-0.2, 0) is 56.8 Å². The van der Waals surface area contributed by atoms with E-state index < -0.39 is 133 Å². The van der Waals surface area contributed by atoms with Crippen LogP contribution < -0.4 is 5.32 Å². The molecule has 1 amide bonds. The van der Waals surface area contributed by atoms with E-state index in [9.17, 15) is 29.4 Å². The van der Waals surface area contributed by atoms with Gasteiger partial charge in [-0.1, -0.05) is 118 Å². The molecule has 0 spiro atoms. The number of ketones is 1. The van der Waals surface area contributed by atoms with Crippen molar-refractivity contribution in [3.8, 4) is 0 Å². The topological polar surface area (TPSA) is 242 Å². The zero-order chi connectivity index (χ0) is 60.1.